The van der Waals surface area contributed by atoms with E-state index in [1.54, 1.807) is 11.1 Å². The van der Waals surface area contributed by atoms with Gasteiger partial charge in [0.05, 0.1) is 0 Å². The summed E-state index contributed by atoms with van der Waals surface area (Å²) in [6.45, 7) is 3.54. The Morgan fingerprint density at radius 2 is 2.00 bits per heavy atom. The molecule has 2 fully saturated rings. The van der Waals surface area contributed by atoms with Crippen molar-refractivity contribution < 1.29 is 0 Å². The van der Waals surface area contributed by atoms with Crippen LogP contribution in [-0.4, -0.2) is 11.0 Å². The molecular weight excluding hydrogens is 316 g/mol. The summed E-state index contributed by atoms with van der Waals surface area (Å²) >= 11 is 0. The second-order valence-electron chi connectivity index (χ2n) is 9.03. The summed E-state index contributed by atoms with van der Waals surface area (Å²) in [5, 5.41) is 3.91. The first kappa shape index (κ1) is 16.5. The van der Waals surface area contributed by atoms with Crippen molar-refractivity contribution in [3.63, 3.8) is 0 Å². The second kappa shape index (κ2) is 6.49. The van der Waals surface area contributed by atoms with E-state index >= 15 is 0 Å². The van der Waals surface area contributed by atoms with Crippen molar-refractivity contribution in [3.05, 3.63) is 65.5 Å². The van der Waals surface area contributed by atoms with Gasteiger partial charge in [0, 0.05) is 25.0 Å². The molecule has 0 bridgehead atoms. The third-order valence-electron chi connectivity index (χ3n) is 7.91. The summed E-state index contributed by atoms with van der Waals surface area (Å²) in [5.41, 5.74) is 5.08. The minimum absolute atomic E-state index is 0.468. The third-order valence-corrected chi connectivity index (χ3v) is 7.91. The summed E-state index contributed by atoms with van der Waals surface area (Å²) in [7, 11) is 0. The molecule has 3 unspecified atom stereocenters. The average molecular weight is 347 g/mol. The fraction of sp³-hybridized carbons (Fsp3) is 0.542. The van der Waals surface area contributed by atoms with Gasteiger partial charge < -0.3 is 5.32 Å². The van der Waals surface area contributed by atoms with Gasteiger partial charge >= 0.3 is 0 Å². The molecule has 0 saturated heterocycles. The molecule has 3 aliphatic carbocycles. The first-order chi connectivity index (χ1) is 12.8. The van der Waals surface area contributed by atoms with Crippen LogP contribution >= 0.6 is 0 Å². The number of fused-ring (bicyclic) bond motifs is 5. The van der Waals surface area contributed by atoms with Gasteiger partial charge in [-0.05, 0) is 84.5 Å². The van der Waals surface area contributed by atoms with E-state index in [0.29, 0.717) is 11.5 Å². The summed E-state index contributed by atoms with van der Waals surface area (Å²) in [5.74, 6) is 2.60. The second-order valence-corrected chi connectivity index (χ2v) is 9.03. The predicted octanol–water partition coefficient (Wildman–Crippen LogP) is 5.10. The van der Waals surface area contributed by atoms with Crippen LogP contribution < -0.4 is 5.32 Å². The lowest BCUT2D eigenvalue weighted by molar-refractivity contribution is 0.0408. The van der Waals surface area contributed by atoms with Crippen LogP contribution in [0.5, 0.6) is 0 Å². The van der Waals surface area contributed by atoms with E-state index < -0.39 is 0 Å². The van der Waals surface area contributed by atoms with Crippen LogP contribution in [0.2, 0.25) is 0 Å². The minimum atomic E-state index is 0.468. The van der Waals surface area contributed by atoms with Crippen molar-refractivity contribution in [2.45, 2.75) is 64.0 Å². The van der Waals surface area contributed by atoms with Crippen molar-refractivity contribution in [3.8, 4) is 0 Å². The number of aromatic nitrogens is 1. The molecule has 2 saturated carbocycles. The topological polar surface area (TPSA) is 24.9 Å². The number of nitrogens with one attached hydrogen (secondary N) is 1. The zero-order valence-corrected chi connectivity index (χ0v) is 15.8. The Morgan fingerprint density at radius 3 is 2.88 bits per heavy atom. The van der Waals surface area contributed by atoms with Crippen molar-refractivity contribution >= 4 is 0 Å². The first-order valence-corrected chi connectivity index (χ1v) is 10.5. The molecule has 1 aromatic carbocycles. The van der Waals surface area contributed by atoms with E-state index in [2.05, 4.69) is 47.6 Å². The van der Waals surface area contributed by atoms with Crippen LogP contribution in [0.15, 0.2) is 48.8 Å². The molecule has 2 aromatic rings. The Hall–Kier alpha value is -1.67. The minimum Gasteiger partial charge on any atom is -0.309 e. The van der Waals surface area contributed by atoms with Gasteiger partial charge in [-0.1, -0.05) is 37.3 Å². The normalized spacial score (nSPS) is 35.4. The third kappa shape index (κ3) is 2.62. The largest absolute Gasteiger partial charge is 0.309 e. The molecule has 26 heavy (non-hydrogen) atoms. The highest BCUT2D eigenvalue weighted by Gasteiger charge is 2.54. The highest BCUT2D eigenvalue weighted by atomic mass is 14.9. The number of nitrogens with zero attached hydrogens (tertiary/aromatic N) is 1. The summed E-state index contributed by atoms with van der Waals surface area (Å²) < 4.78 is 0. The maximum Gasteiger partial charge on any atom is 0.0312 e. The molecule has 0 amide bonds. The Balaban J connectivity index is 1.34. The number of rotatable bonds is 3. The highest BCUT2D eigenvalue weighted by molar-refractivity contribution is 5.35. The zero-order chi connectivity index (χ0) is 17.6. The Bertz CT molecular complexity index is 771. The maximum atomic E-state index is 4.26. The molecule has 1 aromatic heterocycles. The van der Waals surface area contributed by atoms with E-state index in [4.69, 9.17) is 0 Å². The summed E-state index contributed by atoms with van der Waals surface area (Å²) in [6, 6.07) is 14.1. The molecule has 2 nitrogen and oxygen atoms in total. The molecule has 0 aliphatic heterocycles. The van der Waals surface area contributed by atoms with Crippen molar-refractivity contribution in [1.82, 2.24) is 10.3 Å². The molecule has 136 valence electrons. The fourth-order valence-electron chi connectivity index (χ4n) is 6.60. The van der Waals surface area contributed by atoms with Gasteiger partial charge in [0.1, 0.15) is 0 Å². The lowest BCUT2D eigenvalue weighted by Crippen LogP contribution is -2.48. The van der Waals surface area contributed by atoms with Gasteiger partial charge in [0.15, 0.2) is 0 Å². The van der Waals surface area contributed by atoms with Crippen LogP contribution in [0.4, 0.5) is 0 Å². The fourth-order valence-corrected chi connectivity index (χ4v) is 6.60. The SMILES string of the molecule is C[C@]12CCC3c4ccccc4CCC3C1CC[C@@H]2NCc1cccnc1. The van der Waals surface area contributed by atoms with Gasteiger partial charge in [-0.2, -0.15) is 0 Å². The van der Waals surface area contributed by atoms with E-state index in [-0.39, 0.29) is 0 Å². The Kier molecular flexibility index (Phi) is 4.12. The molecule has 0 spiro atoms. The smallest absolute Gasteiger partial charge is 0.0312 e. The monoisotopic (exact) mass is 346 g/mol. The van der Waals surface area contributed by atoms with Crippen LogP contribution in [0.25, 0.3) is 0 Å². The number of aryl methyl sites for hydroxylation is 1. The maximum absolute atomic E-state index is 4.26. The lowest BCUT2D eigenvalue weighted by atomic mass is 9.55. The van der Waals surface area contributed by atoms with Crippen molar-refractivity contribution in [1.29, 1.82) is 0 Å². The molecule has 1 heterocycles. The summed E-state index contributed by atoms with van der Waals surface area (Å²) in [4.78, 5) is 4.26. The molecule has 5 atom stereocenters. The molecular formula is C24H30N2. The van der Waals surface area contributed by atoms with Crippen molar-refractivity contribution in [2.24, 2.45) is 17.3 Å². The van der Waals surface area contributed by atoms with Crippen LogP contribution in [-0.2, 0) is 13.0 Å². The number of hydrogen-bond acceptors (Lipinski definition) is 2. The van der Waals surface area contributed by atoms with Gasteiger partial charge in [-0.3, -0.25) is 4.98 Å². The quantitative estimate of drug-likeness (QED) is 0.837. The van der Waals surface area contributed by atoms with Crippen molar-refractivity contribution in [2.75, 3.05) is 0 Å². The molecule has 2 heteroatoms. The van der Waals surface area contributed by atoms with E-state index in [1.807, 2.05) is 18.5 Å². The van der Waals surface area contributed by atoms with E-state index in [1.165, 1.54) is 44.1 Å². The van der Waals surface area contributed by atoms with Crippen LogP contribution in [0, 0.1) is 17.3 Å². The average Bonchev–Trinajstić information content (AvgIpc) is 3.03. The van der Waals surface area contributed by atoms with Crippen LogP contribution in [0.1, 0.15) is 61.6 Å². The van der Waals surface area contributed by atoms with Gasteiger partial charge in [-0.15, -0.1) is 0 Å². The van der Waals surface area contributed by atoms with Crippen LogP contribution in [0.3, 0.4) is 0 Å². The summed E-state index contributed by atoms with van der Waals surface area (Å²) in [6.07, 6.45) is 12.0. The molecule has 1 N–H and O–H groups in total. The molecule has 0 radical (unpaired) electrons. The van der Waals surface area contributed by atoms with E-state index in [0.717, 1.165) is 24.3 Å². The number of pyridine rings is 1. The predicted molar refractivity (Wildman–Crippen MR) is 106 cm³/mol. The Labute approximate surface area is 157 Å². The highest BCUT2D eigenvalue weighted by Crippen LogP contribution is 2.60. The van der Waals surface area contributed by atoms with Gasteiger partial charge in [0.2, 0.25) is 0 Å². The molecule has 5 rings (SSSR count). The first-order valence-electron chi connectivity index (χ1n) is 10.5. The number of hydrogen-bond donors (Lipinski definition) is 1. The lowest BCUT2D eigenvalue weighted by Gasteiger charge is -2.51. The molecule has 3 aliphatic rings. The standard InChI is InChI=1S/C24H30N2/c1-24-13-12-20-19-7-3-2-6-18(19)8-9-21(20)22(24)10-11-23(24)26-16-17-5-4-14-25-15-17/h2-7,14-15,20-23,26H,8-13,16H2,1H3/t20?,21?,22?,23-,24-/m0/s1. The Morgan fingerprint density at radius 1 is 1.08 bits per heavy atom. The van der Waals surface area contributed by atoms with E-state index in [9.17, 15) is 0 Å². The van der Waals surface area contributed by atoms with Gasteiger partial charge in [-0.25, -0.2) is 0 Å². The van der Waals surface area contributed by atoms with Gasteiger partial charge in [0.25, 0.3) is 0 Å². The zero-order valence-electron chi connectivity index (χ0n) is 15.8. The number of benzene rings is 1.